The van der Waals surface area contributed by atoms with Crippen molar-refractivity contribution in [2.24, 2.45) is 23.7 Å². The molecule has 2 aromatic rings. The van der Waals surface area contributed by atoms with E-state index in [0.717, 1.165) is 35.7 Å². The molecule has 2 aliphatic carbocycles. The van der Waals surface area contributed by atoms with Crippen LogP contribution >= 0.6 is 0 Å². The van der Waals surface area contributed by atoms with Gasteiger partial charge in [-0.25, -0.2) is 0 Å². The van der Waals surface area contributed by atoms with Gasteiger partial charge in [0.2, 0.25) is 17.7 Å². The van der Waals surface area contributed by atoms with Crippen molar-refractivity contribution in [2.75, 3.05) is 11.9 Å². The van der Waals surface area contributed by atoms with Gasteiger partial charge in [-0.15, -0.1) is 0 Å². The van der Waals surface area contributed by atoms with Crippen LogP contribution < -0.4 is 5.32 Å². The number of imide groups is 1. The maximum absolute atomic E-state index is 12.7. The van der Waals surface area contributed by atoms with Crippen molar-refractivity contribution in [3.8, 4) is 0 Å². The number of nitrogens with one attached hydrogen (secondary N) is 1. The minimum absolute atomic E-state index is 0.0461. The van der Waals surface area contributed by atoms with Crippen LogP contribution in [0.5, 0.6) is 0 Å². The van der Waals surface area contributed by atoms with Gasteiger partial charge in [-0.05, 0) is 42.6 Å². The zero-order valence-electron chi connectivity index (χ0n) is 15.1. The first-order chi connectivity index (χ1) is 13.1. The van der Waals surface area contributed by atoms with Crippen LogP contribution in [0.1, 0.15) is 25.7 Å². The predicted octanol–water partition coefficient (Wildman–Crippen LogP) is 3.20. The monoisotopic (exact) mass is 362 g/mol. The zero-order valence-corrected chi connectivity index (χ0v) is 15.1. The van der Waals surface area contributed by atoms with Crippen LogP contribution in [0.25, 0.3) is 10.8 Å². The highest BCUT2D eigenvalue weighted by Crippen LogP contribution is 2.56. The average molecular weight is 362 g/mol. The molecule has 3 aliphatic rings. The number of carbonyl (C=O) groups excluding carboxylic acids is 3. The van der Waals surface area contributed by atoms with Crippen molar-refractivity contribution in [2.45, 2.75) is 25.7 Å². The summed E-state index contributed by atoms with van der Waals surface area (Å²) < 4.78 is 0. The smallest absolute Gasteiger partial charge is 0.233 e. The molecule has 0 unspecified atom stereocenters. The summed E-state index contributed by atoms with van der Waals surface area (Å²) in [6, 6.07) is 13.6. The number of fused-ring (bicyclic) bond motifs is 6. The van der Waals surface area contributed by atoms with Crippen LogP contribution in [0.15, 0.2) is 42.5 Å². The zero-order chi connectivity index (χ0) is 18.5. The van der Waals surface area contributed by atoms with Gasteiger partial charge in [0.05, 0.1) is 11.8 Å². The van der Waals surface area contributed by atoms with Crippen LogP contribution in [0, 0.1) is 23.7 Å². The topological polar surface area (TPSA) is 66.5 Å². The summed E-state index contributed by atoms with van der Waals surface area (Å²) in [6.07, 6.45) is 3.30. The molecule has 5 nitrogen and oxygen atoms in total. The van der Waals surface area contributed by atoms with Crippen LogP contribution in [-0.2, 0) is 14.4 Å². The minimum Gasteiger partial charge on any atom is -0.325 e. The Morgan fingerprint density at radius 2 is 1.63 bits per heavy atom. The normalized spacial score (nSPS) is 28.8. The molecule has 3 amide bonds. The molecule has 27 heavy (non-hydrogen) atoms. The summed E-state index contributed by atoms with van der Waals surface area (Å²) in [7, 11) is 0. The molecule has 0 radical (unpaired) electrons. The summed E-state index contributed by atoms with van der Waals surface area (Å²) in [5.74, 6) is 0.268. The maximum Gasteiger partial charge on any atom is 0.233 e. The van der Waals surface area contributed by atoms with Crippen LogP contribution in [0.4, 0.5) is 5.69 Å². The Labute approximate surface area is 157 Å². The molecule has 5 heteroatoms. The molecule has 0 spiro atoms. The van der Waals surface area contributed by atoms with Crippen molar-refractivity contribution in [3.63, 3.8) is 0 Å². The third-order valence-corrected chi connectivity index (χ3v) is 6.64. The summed E-state index contributed by atoms with van der Waals surface area (Å²) in [5, 5.41) is 4.97. The highest BCUT2D eigenvalue weighted by Gasteiger charge is 2.60. The van der Waals surface area contributed by atoms with E-state index in [9.17, 15) is 14.4 Å². The first kappa shape index (κ1) is 16.5. The van der Waals surface area contributed by atoms with E-state index in [-0.39, 0.29) is 42.5 Å². The highest BCUT2D eigenvalue weighted by atomic mass is 16.2. The summed E-state index contributed by atoms with van der Waals surface area (Å²) in [4.78, 5) is 39.2. The fraction of sp³-hybridized carbons (Fsp3) is 0.409. The molecular formula is C22H22N2O3. The van der Waals surface area contributed by atoms with Crippen LogP contribution in [0.2, 0.25) is 0 Å². The Morgan fingerprint density at radius 1 is 0.963 bits per heavy atom. The minimum atomic E-state index is -0.174. The number of likely N-dealkylation sites (tertiary alicyclic amines) is 1. The lowest BCUT2D eigenvalue weighted by Gasteiger charge is -2.19. The van der Waals surface area contributed by atoms with Gasteiger partial charge in [-0.3, -0.25) is 19.3 Å². The summed E-state index contributed by atoms with van der Waals surface area (Å²) >= 11 is 0. The van der Waals surface area contributed by atoms with Gasteiger partial charge >= 0.3 is 0 Å². The largest absolute Gasteiger partial charge is 0.325 e. The van der Waals surface area contributed by atoms with E-state index < -0.39 is 0 Å². The standard InChI is InChI=1S/C22H22N2O3/c25-18(23-17-7-3-5-13-4-1-2-6-16(13)17)10-11-24-21(26)19-14-8-9-15(12-14)20(19)22(24)27/h1-7,14-15,19-20H,8-12H2,(H,23,25)/t14-,15-,19+,20+/m0/s1. The molecule has 0 aromatic heterocycles. The number of rotatable bonds is 4. The van der Waals surface area contributed by atoms with Gasteiger partial charge in [0.1, 0.15) is 0 Å². The van der Waals surface area contributed by atoms with Crippen LogP contribution in [-0.4, -0.2) is 29.2 Å². The molecule has 2 bridgehead atoms. The highest BCUT2D eigenvalue weighted by molar-refractivity contribution is 6.07. The summed E-state index contributed by atoms with van der Waals surface area (Å²) in [6.45, 7) is 0.181. The van der Waals surface area contributed by atoms with Gasteiger partial charge in [0, 0.05) is 24.0 Å². The molecule has 2 aromatic carbocycles. The second-order valence-corrected chi connectivity index (χ2v) is 8.04. The number of benzene rings is 2. The molecule has 1 N–H and O–H groups in total. The lowest BCUT2D eigenvalue weighted by atomic mass is 9.81. The second kappa shape index (κ2) is 6.19. The third kappa shape index (κ3) is 2.56. The first-order valence-electron chi connectivity index (χ1n) is 9.76. The maximum atomic E-state index is 12.7. The van der Waals surface area contributed by atoms with Crippen LogP contribution in [0.3, 0.4) is 0 Å². The van der Waals surface area contributed by atoms with Gasteiger partial charge in [-0.2, -0.15) is 0 Å². The Morgan fingerprint density at radius 3 is 2.37 bits per heavy atom. The van der Waals surface area contributed by atoms with Gasteiger partial charge in [-0.1, -0.05) is 36.4 Å². The van der Waals surface area contributed by atoms with E-state index in [1.165, 1.54) is 4.90 Å². The second-order valence-electron chi connectivity index (χ2n) is 8.04. The molecule has 1 saturated heterocycles. The number of hydrogen-bond acceptors (Lipinski definition) is 3. The number of carbonyl (C=O) groups is 3. The number of hydrogen-bond donors (Lipinski definition) is 1. The average Bonchev–Trinajstić information content (AvgIpc) is 3.35. The molecule has 3 fully saturated rings. The SMILES string of the molecule is O=C(CCN1C(=O)[C@@H]2[C@H]3CC[C@@H](C3)[C@H]2C1=O)Nc1cccc2ccccc12. The fourth-order valence-electron chi connectivity index (χ4n) is 5.45. The van der Waals surface area contributed by atoms with Crippen molar-refractivity contribution in [1.29, 1.82) is 0 Å². The Kier molecular flexibility index (Phi) is 3.78. The molecule has 1 aliphatic heterocycles. The van der Waals surface area contributed by atoms with Gasteiger partial charge < -0.3 is 5.32 Å². The Hall–Kier alpha value is -2.69. The molecule has 138 valence electrons. The van der Waals surface area contributed by atoms with Crippen molar-refractivity contribution < 1.29 is 14.4 Å². The fourth-order valence-corrected chi connectivity index (χ4v) is 5.45. The van der Waals surface area contributed by atoms with E-state index in [1.54, 1.807) is 0 Å². The summed E-state index contributed by atoms with van der Waals surface area (Å²) in [5.41, 5.74) is 0.757. The molecule has 1 heterocycles. The van der Waals surface area contributed by atoms with E-state index in [2.05, 4.69) is 5.32 Å². The quantitative estimate of drug-likeness (QED) is 0.850. The lowest BCUT2D eigenvalue weighted by Crippen LogP contribution is -2.35. The first-order valence-corrected chi connectivity index (χ1v) is 9.76. The number of amides is 3. The Bertz CT molecular complexity index is 920. The van der Waals surface area contributed by atoms with Crippen molar-refractivity contribution in [3.05, 3.63) is 42.5 Å². The van der Waals surface area contributed by atoms with E-state index in [1.807, 2.05) is 42.5 Å². The van der Waals surface area contributed by atoms with E-state index in [0.29, 0.717) is 11.8 Å². The molecule has 4 atom stereocenters. The predicted molar refractivity (Wildman–Crippen MR) is 102 cm³/mol. The number of anilines is 1. The molecular weight excluding hydrogens is 340 g/mol. The van der Waals surface area contributed by atoms with Crippen molar-refractivity contribution in [1.82, 2.24) is 4.90 Å². The number of nitrogens with zero attached hydrogens (tertiary/aromatic N) is 1. The molecule has 5 rings (SSSR count). The lowest BCUT2D eigenvalue weighted by molar-refractivity contribution is -0.140. The van der Waals surface area contributed by atoms with Gasteiger partial charge in [0.15, 0.2) is 0 Å². The van der Waals surface area contributed by atoms with E-state index in [4.69, 9.17) is 0 Å². The van der Waals surface area contributed by atoms with E-state index >= 15 is 0 Å². The van der Waals surface area contributed by atoms with Gasteiger partial charge in [0.25, 0.3) is 0 Å². The van der Waals surface area contributed by atoms with Crippen molar-refractivity contribution >= 4 is 34.2 Å². The third-order valence-electron chi connectivity index (χ3n) is 6.64. The Balaban J connectivity index is 1.26. The molecule has 2 saturated carbocycles.